The molecule has 2 aliphatic heterocycles. The Balaban J connectivity index is 1.45. The standard InChI is InChI=1S/C28H30O11/c1-31-5-7-33-16-37-18-3-4-19-24(9-18)36-13-22(27(19)30)20-10-21-23(29)12-28(14-35-15-28)39-26(21)11-25(20)38-17-34-8-6-32-2/h3-4,9-11,13H,5-8,12,14-17H2,1-2H3. The first-order chi connectivity index (χ1) is 19.0. The summed E-state index contributed by atoms with van der Waals surface area (Å²) in [6.07, 6.45) is 1.55. The quantitative estimate of drug-likeness (QED) is 0.234. The monoisotopic (exact) mass is 542 g/mol. The number of ether oxygens (including phenoxy) is 8. The van der Waals surface area contributed by atoms with Crippen LogP contribution < -0.4 is 19.6 Å². The number of carbonyl (C=O) groups excluding carboxylic acids is 1. The number of carbonyl (C=O) groups is 1. The summed E-state index contributed by atoms with van der Waals surface area (Å²) >= 11 is 0. The molecule has 0 atom stereocenters. The van der Waals surface area contributed by atoms with E-state index >= 15 is 0 Å². The fraction of sp³-hybridized carbons (Fsp3) is 0.429. The second-order valence-corrected chi connectivity index (χ2v) is 9.19. The fourth-order valence-electron chi connectivity index (χ4n) is 4.34. The Morgan fingerprint density at radius 2 is 1.59 bits per heavy atom. The molecule has 11 heteroatoms. The summed E-state index contributed by atoms with van der Waals surface area (Å²) in [7, 11) is 3.16. The molecule has 11 nitrogen and oxygen atoms in total. The van der Waals surface area contributed by atoms with E-state index in [-0.39, 0.29) is 36.8 Å². The van der Waals surface area contributed by atoms with E-state index in [0.717, 1.165) is 0 Å². The third kappa shape index (κ3) is 5.92. The van der Waals surface area contributed by atoms with Gasteiger partial charge in [-0.15, -0.1) is 0 Å². The normalized spacial score (nSPS) is 15.6. The van der Waals surface area contributed by atoms with Gasteiger partial charge in [-0.2, -0.15) is 0 Å². The third-order valence-corrected chi connectivity index (χ3v) is 6.43. The number of rotatable bonds is 13. The van der Waals surface area contributed by atoms with Crippen LogP contribution in [0.3, 0.4) is 0 Å². The Kier molecular flexibility index (Phi) is 8.44. The van der Waals surface area contributed by atoms with Crippen molar-refractivity contribution >= 4 is 16.8 Å². The summed E-state index contributed by atoms with van der Waals surface area (Å²) < 4.78 is 49.4. The van der Waals surface area contributed by atoms with Crippen LogP contribution in [0.1, 0.15) is 16.8 Å². The highest BCUT2D eigenvalue weighted by molar-refractivity contribution is 6.02. The van der Waals surface area contributed by atoms with Crippen LogP contribution in [0.25, 0.3) is 22.1 Å². The van der Waals surface area contributed by atoms with Crippen LogP contribution in [0, 0.1) is 0 Å². The maximum absolute atomic E-state index is 13.6. The van der Waals surface area contributed by atoms with Crippen molar-refractivity contribution in [2.45, 2.75) is 12.0 Å². The zero-order valence-electron chi connectivity index (χ0n) is 21.8. The van der Waals surface area contributed by atoms with Gasteiger partial charge in [0.2, 0.25) is 5.43 Å². The summed E-state index contributed by atoms with van der Waals surface area (Å²) in [4.78, 5) is 26.6. The molecule has 5 rings (SSSR count). The second-order valence-electron chi connectivity index (χ2n) is 9.19. The highest BCUT2D eigenvalue weighted by atomic mass is 16.7. The van der Waals surface area contributed by atoms with Crippen molar-refractivity contribution in [1.29, 1.82) is 0 Å². The maximum Gasteiger partial charge on any atom is 0.200 e. The fourth-order valence-corrected chi connectivity index (χ4v) is 4.34. The second kappa shape index (κ2) is 12.1. The molecule has 0 bridgehead atoms. The van der Waals surface area contributed by atoms with Crippen molar-refractivity contribution in [2.75, 3.05) is 67.4 Å². The predicted molar refractivity (Wildman–Crippen MR) is 138 cm³/mol. The largest absolute Gasteiger partial charge is 0.481 e. The van der Waals surface area contributed by atoms with Crippen LogP contribution >= 0.6 is 0 Å². The lowest BCUT2D eigenvalue weighted by Crippen LogP contribution is -2.57. The summed E-state index contributed by atoms with van der Waals surface area (Å²) in [6.45, 7) is 2.20. The van der Waals surface area contributed by atoms with Gasteiger partial charge < -0.3 is 42.3 Å². The van der Waals surface area contributed by atoms with E-state index in [2.05, 4.69) is 0 Å². The topological polar surface area (TPSA) is 121 Å². The molecule has 1 aromatic heterocycles. The molecular weight excluding hydrogens is 512 g/mol. The Labute approximate surface area is 224 Å². The number of ketones is 1. The van der Waals surface area contributed by atoms with Gasteiger partial charge >= 0.3 is 0 Å². The number of methoxy groups -OCH3 is 2. The van der Waals surface area contributed by atoms with E-state index in [1.54, 1.807) is 44.6 Å². The molecule has 0 N–H and O–H groups in total. The molecule has 2 aliphatic rings. The molecule has 0 radical (unpaired) electrons. The van der Waals surface area contributed by atoms with Crippen LogP contribution in [-0.2, 0) is 23.7 Å². The molecule has 3 aromatic rings. The van der Waals surface area contributed by atoms with Gasteiger partial charge in [-0.25, -0.2) is 0 Å². The zero-order chi connectivity index (χ0) is 27.2. The van der Waals surface area contributed by atoms with E-state index in [4.69, 9.17) is 42.3 Å². The van der Waals surface area contributed by atoms with Crippen LogP contribution in [0.5, 0.6) is 17.2 Å². The highest BCUT2D eigenvalue weighted by Gasteiger charge is 2.47. The number of benzene rings is 2. The van der Waals surface area contributed by atoms with Gasteiger partial charge in [-0.1, -0.05) is 0 Å². The van der Waals surface area contributed by atoms with Crippen molar-refractivity contribution in [3.63, 3.8) is 0 Å². The first-order valence-electron chi connectivity index (χ1n) is 12.5. The lowest BCUT2D eigenvalue weighted by Gasteiger charge is -2.43. The lowest BCUT2D eigenvalue weighted by atomic mass is 9.87. The molecule has 1 fully saturated rings. The van der Waals surface area contributed by atoms with Gasteiger partial charge in [-0.05, 0) is 18.2 Å². The van der Waals surface area contributed by atoms with Gasteiger partial charge in [0.1, 0.15) is 29.1 Å². The SMILES string of the molecule is COCCOCOc1ccc2c(=O)c(-c3cc4c(cc3OCOCCOC)OC3(COC3)CC4=O)coc2c1. The minimum Gasteiger partial charge on any atom is -0.481 e. The van der Waals surface area contributed by atoms with Crippen molar-refractivity contribution in [3.8, 4) is 28.4 Å². The average Bonchev–Trinajstić information content (AvgIpc) is 2.92. The van der Waals surface area contributed by atoms with E-state index < -0.39 is 5.60 Å². The first-order valence-corrected chi connectivity index (χ1v) is 12.5. The number of hydrogen-bond donors (Lipinski definition) is 0. The molecule has 0 amide bonds. The van der Waals surface area contributed by atoms with E-state index in [1.165, 1.54) is 6.26 Å². The van der Waals surface area contributed by atoms with Crippen LogP contribution in [0.15, 0.2) is 45.8 Å². The molecule has 0 aliphatic carbocycles. The van der Waals surface area contributed by atoms with E-state index in [9.17, 15) is 9.59 Å². The maximum atomic E-state index is 13.6. The van der Waals surface area contributed by atoms with Crippen molar-refractivity contribution in [1.82, 2.24) is 0 Å². The molecule has 1 spiro atoms. The van der Waals surface area contributed by atoms with Gasteiger partial charge in [0.05, 0.1) is 62.6 Å². The smallest absolute Gasteiger partial charge is 0.200 e. The van der Waals surface area contributed by atoms with Crippen LogP contribution in [-0.4, -0.2) is 78.8 Å². The molecule has 39 heavy (non-hydrogen) atoms. The molecule has 3 heterocycles. The molecule has 0 unspecified atom stereocenters. The van der Waals surface area contributed by atoms with Crippen molar-refractivity contribution in [2.24, 2.45) is 0 Å². The summed E-state index contributed by atoms with van der Waals surface area (Å²) in [5, 5.41) is 0.341. The first kappa shape index (κ1) is 27.1. The third-order valence-electron chi connectivity index (χ3n) is 6.43. The Hall–Kier alpha value is -3.48. The number of Topliss-reactive ketones (excluding diaryl/α,β-unsaturated/α-hetero) is 1. The molecular formula is C28H30O11. The lowest BCUT2D eigenvalue weighted by molar-refractivity contribution is -0.162. The van der Waals surface area contributed by atoms with Gasteiger partial charge in [-0.3, -0.25) is 9.59 Å². The minimum atomic E-state index is -0.658. The van der Waals surface area contributed by atoms with Gasteiger partial charge in [0.15, 0.2) is 25.0 Å². The minimum absolute atomic E-state index is 0.0307. The van der Waals surface area contributed by atoms with Crippen molar-refractivity contribution < 1.29 is 47.1 Å². The Morgan fingerprint density at radius 3 is 2.28 bits per heavy atom. The highest BCUT2D eigenvalue weighted by Crippen LogP contribution is 2.43. The molecule has 208 valence electrons. The summed E-state index contributed by atoms with van der Waals surface area (Å²) in [6, 6.07) is 8.13. The van der Waals surface area contributed by atoms with E-state index in [0.29, 0.717) is 79.0 Å². The van der Waals surface area contributed by atoms with Crippen molar-refractivity contribution in [3.05, 3.63) is 52.4 Å². The predicted octanol–water partition coefficient (Wildman–Crippen LogP) is 3.19. The summed E-state index contributed by atoms with van der Waals surface area (Å²) in [5.41, 5.74) is 0.379. The average molecular weight is 543 g/mol. The van der Waals surface area contributed by atoms with Crippen LogP contribution in [0.2, 0.25) is 0 Å². The Bertz CT molecular complexity index is 1380. The van der Waals surface area contributed by atoms with Gasteiger partial charge in [0, 0.05) is 31.9 Å². The van der Waals surface area contributed by atoms with Gasteiger partial charge in [0.25, 0.3) is 0 Å². The number of hydrogen-bond acceptors (Lipinski definition) is 11. The Morgan fingerprint density at radius 1 is 0.846 bits per heavy atom. The van der Waals surface area contributed by atoms with Crippen LogP contribution in [0.4, 0.5) is 0 Å². The molecule has 2 aromatic carbocycles. The summed E-state index contributed by atoms with van der Waals surface area (Å²) in [5.74, 6) is 1.09. The number of fused-ring (bicyclic) bond motifs is 2. The zero-order valence-corrected chi connectivity index (χ0v) is 21.8. The molecule has 0 saturated carbocycles. The van der Waals surface area contributed by atoms with E-state index in [1.807, 2.05) is 0 Å². The molecule has 1 saturated heterocycles.